The van der Waals surface area contributed by atoms with E-state index in [1.165, 1.54) is 0 Å². The summed E-state index contributed by atoms with van der Waals surface area (Å²) in [6, 6.07) is 7.62. The topological polar surface area (TPSA) is 21.3 Å². The number of likely N-dealkylation sites (N-methyl/N-ethyl adjacent to an activating group) is 1. The lowest BCUT2D eigenvalue weighted by molar-refractivity contribution is 0.0831. The normalized spacial score (nSPS) is 15.3. The monoisotopic (exact) mass is 282 g/mol. The minimum absolute atomic E-state index is 0. The summed E-state index contributed by atoms with van der Waals surface area (Å²) < 4.78 is 45.5. The first kappa shape index (κ1) is 9.54. The maximum atomic E-state index is 8.13. The lowest BCUT2D eigenvalue weighted by Gasteiger charge is -2.18. The van der Waals surface area contributed by atoms with Gasteiger partial charge >= 0.3 is 0 Å². The predicted molar refractivity (Wildman–Crippen MR) is 81.9 cm³/mol. The van der Waals surface area contributed by atoms with Gasteiger partial charge in [0.05, 0.1) is 13.5 Å². The van der Waals surface area contributed by atoms with Gasteiger partial charge in [0.25, 0.3) is 0 Å². The van der Waals surface area contributed by atoms with Crippen LogP contribution < -0.4 is 5.32 Å². The number of ether oxygens (including phenoxy) is 1. The zero-order valence-corrected chi connectivity index (χ0v) is 11.5. The number of hydrogen-bond acceptors (Lipinski definition) is 2. The lowest BCUT2D eigenvalue weighted by atomic mass is 10.0. The predicted octanol–water partition coefficient (Wildman–Crippen LogP) is 3.43. The second-order valence-electron chi connectivity index (χ2n) is 3.80. The smallest absolute Gasteiger partial charge is 0.108 e. The molecule has 0 aliphatic heterocycles. The van der Waals surface area contributed by atoms with Crippen LogP contribution in [-0.2, 0) is 4.74 Å². The van der Waals surface area contributed by atoms with E-state index in [2.05, 4.69) is 5.32 Å². The van der Waals surface area contributed by atoms with Gasteiger partial charge in [-0.05, 0) is 18.2 Å². The van der Waals surface area contributed by atoms with Crippen molar-refractivity contribution in [1.82, 2.24) is 5.32 Å². The van der Waals surface area contributed by atoms with Crippen molar-refractivity contribution in [1.29, 1.82) is 0 Å². The molecule has 0 aromatic heterocycles. The third-order valence-corrected chi connectivity index (χ3v) is 2.52. The standard InChI is InChI=1S/C16H19NO.ClH/c1-17-12-13-18-16(14-8-4-2-5-9-14)15-10-6-3-7-11-15;/h2-11,16-17H,12-13H2,1H3;1H/i2D,4D,5D,8D,9D;. The third-order valence-electron chi connectivity index (χ3n) is 2.52. The van der Waals surface area contributed by atoms with E-state index in [0.29, 0.717) is 13.2 Å². The number of nitrogens with one attached hydrogen (secondary N) is 1. The van der Waals surface area contributed by atoms with Gasteiger partial charge in [0, 0.05) is 6.54 Å². The van der Waals surface area contributed by atoms with Crippen molar-refractivity contribution in [2.24, 2.45) is 0 Å². The van der Waals surface area contributed by atoms with Gasteiger partial charge < -0.3 is 10.1 Å². The minimum atomic E-state index is -0.710. The minimum Gasteiger partial charge on any atom is -0.367 e. The van der Waals surface area contributed by atoms with Gasteiger partial charge in [0.2, 0.25) is 0 Å². The van der Waals surface area contributed by atoms with E-state index in [0.717, 1.165) is 5.56 Å². The molecule has 3 heteroatoms. The van der Waals surface area contributed by atoms with Crippen LogP contribution >= 0.6 is 12.4 Å². The second-order valence-corrected chi connectivity index (χ2v) is 3.80. The fourth-order valence-corrected chi connectivity index (χ4v) is 1.64. The molecule has 0 aliphatic rings. The number of hydrogen-bond donors (Lipinski definition) is 1. The van der Waals surface area contributed by atoms with E-state index in [1.807, 2.05) is 30.3 Å². The van der Waals surface area contributed by atoms with Gasteiger partial charge in [-0.2, -0.15) is 0 Å². The summed E-state index contributed by atoms with van der Waals surface area (Å²) >= 11 is 0. The SMILES string of the molecule is Cl.[2H]c1c([2H])c([2H])c(C(OCCNC)c2ccccc2)c([2H])c1[2H]. The molecule has 19 heavy (non-hydrogen) atoms. The Balaban J connectivity index is 0.00000288. The zero-order valence-electron chi connectivity index (χ0n) is 15.7. The first-order valence-corrected chi connectivity index (χ1v) is 5.87. The van der Waals surface area contributed by atoms with Crippen LogP contribution in [0.3, 0.4) is 0 Å². The molecule has 0 bridgehead atoms. The van der Waals surface area contributed by atoms with Crippen molar-refractivity contribution in [3.8, 4) is 0 Å². The molecule has 1 unspecified atom stereocenters. The molecule has 1 N–H and O–H groups in total. The largest absolute Gasteiger partial charge is 0.367 e. The molecular weight excluding hydrogens is 258 g/mol. The maximum Gasteiger partial charge on any atom is 0.108 e. The molecule has 2 aromatic rings. The van der Waals surface area contributed by atoms with Gasteiger partial charge in [0.1, 0.15) is 6.10 Å². The van der Waals surface area contributed by atoms with E-state index >= 15 is 0 Å². The maximum absolute atomic E-state index is 8.13. The summed E-state index contributed by atoms with van der Waals surface area (Å²) in [5, 5.41) is 2.96. The molecule has 2 nitrogen and oxygen atoms in total. The first-order chi connectivity index (χ1) is 11.0. The van der Waals surface area contributed by atoms with Crippen LogP contribution in [0.2, 0.25) is 0 Å². The molecule has 102 valence electrons. The summed E-state index contributed by atoms with van der Waals surface area (Å²) in [4.78, 5) is 0. The molecule has 0 aliphatic carbocycles. The summed E-state index contributed by atoms with van der Waals surface area (Å²) in [7, 11) is 1.80. The molecule has 0 heterocycles. The number of rotatable bonds is 6. The summed E-state index contributed by atoms with van der Waals surface area (Å²) in [6.45, 7) is 0.959. The van der Waals surface area contributed by atoms with E-state index in [9.17, 15) is 0 Å². The van der Waals surface area contributed by atoms with Crippen LogP contribution in [0.15, 0.2) is 60.5 Å². The van der Waals surface area contributed by atoms with Gasteiger partial charge in [-0.3, -0.25) is 0 Å². The fourth-order valence-electron chi connectivity index (χ4n) is 1.64. The van der Waals surface area contributed by atoms with E-state index in [-0.39, 0.29) is 42.1 Å². The number of benzene rings is 2. The Morgan fingerprint density at radius 1 is 1.11 bits per heavy atom. The Morgan fingerprint density at radius 2 is 1.79 bits per heavy atom. The Hall–Kier alpha value is -1.35. The van der Waals surface area contributed by atoms with Crippen molar-refractivity contribution in [3.05, 3.63) is 71.7 Å². The summed E-state index contributed by atoms with van der Waals surface area (Å²) in [6.07, 6.45) is -0.710. The van der Waals surface area contributed by atoms with Crippen molar-refractivity contribution < 1.29 is 11.6 Å². The molecule has 0 saturated carbocycles. The molecule has 2 aromatic carbocycles. The zero-order chi connectivity index (χ0) is 17.0. The van der Waals surface area contributed by atoms with Crippen LogP contribution in [0.25, 0.3) is 0 Å². The lowest BCUT2D eigenvalue weighted by Crippen LogP contribution is -2.17. The van der Waals surface area contributed by atoms with Gasteiger partial charge in [-0.25, -0.2) is 0 Å². The Kier molecular flexibility index (Phi) is 4.37. The van der Waals surface area contributed by atoms with Crippen molar-refractivity contribution in [2.45, 2.75) is 6.10 Å². The van der Waals surface area contributed by atoms with Crippen LogP contribution in [-0.4, -0.2) is 20.2 Å². The molecular formula is C16H20ClNO. The van der Waals surface area contributed by atoms with Crippen LogP contribution in [0, 0.1) is 0 Å². The van der Waals surface area contributed by atoms with Crippen molar-refractivity contribution in [3.63, 3.8) is 0 Å². The average molecular weight is 283 g/mol. The molecule has 0 radical (unpaired) electrons. The van der Waals surface area contributed by atoms with Crippen LogP contribution in [0.1, 0.15) is 24.1 Å². The second kappa shape index (κ2) is 8.70. The Morgan fingerprint density at radius 3 is 2.42 bits per heavy atom. The van der Waals surface area contributed by atoms with E-state index in [1.54, 1.807) is 7.05 Å². The highest BCUT2D eigenvalue weighted by Crippen LogP contribution is 2.25. The van der Waals surface area contributed by atoms with Crippen LogP contribution in [0.4, 0.5) is 0 Å². The summed E-state index contributed by atoms with van der Waals surface area (Å²) in [5.41, 5.74) is 0.917. The third kappa shape index (κ3) is 4.67. The van der Waals surface area contributed by atoms with Crippen LogP contribution in [0.5, 0.6) is 0 Å². The Labute approximate surface area is 128 Å². The molecule has 2 rings (SSSR count). The number of halogens is 1. The van der Waals surface area contributed by atoms with Crippen molar-refractivity contribution >= 4 is 12.4 Å². The molecule has 0 spiro atoms. The molecule has 1 atom stereocenters. The highest BCUT2D eigenvalue weighted by atomic mass is 35.5. The first-order valence-electron chi connectivity index (χ1n) is 8.37. The average Bonchev–Trinajstić information content (AvgIpc) is 2.58. The van der Waals surface area contributed by atoms with E-state index in [4.69, 9.17) is 11.6 Å². The van der Waals surface area contributed by atoms with Gasteiger partial charge in [0.15, 0.2) is 0 Å². The van der Waals surface area contributed by atoms with E-state index < -0.39 is 12.1 Å². The Bertz CT molecular complexity index is 655. The molecule has 0 amide bonds. The quantitative estimate of drug-likeness (QED) is 0.820. The molecule has 0 saturated heterocycles. The molecule has 0 fully saturated rings. The van der Waals surface area contributed by atoms with Gasteiger partial charge in [-0.1, -0.05) is 60.5 Å². The summed E-state index contributed by atoms with van der Waals surface area (Å²) in [5.74, 6) is 0. The highest BCUT2D eigenvalue weighted by molar-refractivity contribution is 5.85. The van der Waals surface area contributed by atoms with Crippen molar-refractivity contribution in [2.75, 3.05) is 20.2 Å². The fraction of sp³-hybridized carbons (Fsp3) is 0.250. The highest BCUT2D eigenvalue weighted by Gasteiger charge is 2.13. The van der Waals surface area contributed by atoms with Gasteiger partial charge in [-0.15, -0.1) is 12.4 Å².